The van der Waals surface area contributed by atoms with Crippen molar-refractivity contribution in [3.63, 3.8) is 0 Å². The molecule has 34 heavy (non-hydrogen) atoms. The van der Waals surface area contributed by atoms with E-state index in [-0.39, 0.29) is 5.91 Å². The lowest BCUT2D eigenvalue weighted by atomic mass is 10.1. The van der Waals surface area contributed by atoms with Gasteiger partial charge in [0, 0.05) is 29.9 Å². The van der Waals surface area contributed by atoms with E-state index in [0.29, 0.717) is 47.9 Å². The average Bonchev–Trinajstić information content (AvgIpc) is 3.33. The third kappa shape index (κ3) is 5.43. The number of nitrogens with zero attached hydrogens (tertiary/aromatic N) is 3. The number of carbonyl (C=O) groups excluding carboxylic acids is 1. The van der Waals surface area contributed by atoms with Crippen molar-refractivity contribution >= 4 is 11.6 Å². The van der Waals surface area contributed by atoms with E-state index in [9.17, 15) is 4.79 Å². The summed E-state index contributed by atoms with van der Waals surface area (Å²) >= 11 is 0. The van der Waals surface area contributed by atoms with Gasteiger partial charge in [0.2, 0.25) is 0 Å². The van der Waals surface area contributed by atoms with Gasteiger partial charge in [0.15, 0.2) is 0 Å². The molecule has 1 amide bonds. The lowest BCUT2D eigenvalue weighted by Crippen LogP contribution is -2.12. The van der Waals surface area contributed by atoms with E-state index in [1.165, 1.54) is 0 Å². The van der Waals surface area contributed by atoms with E-state index in [0.717, 1.165) is 11.3 Å². The number of para-hydroxylation sites is 1. The van der Waals surface area contributed by atoms with Gasteiger partial charge in [-0.15, -0.1) is 0 Å². The van der Waals surface area contributed by atoms with Gasteiger partial charge in [-0.25, -0.2) is 4.68 Å². The molecule has 170 valence electrons. The molecule has 0 saturated heterocycles. The molecule has 0 aliphatic rings. The molecule has 0 aliphatic heterocycles. The summed E-state index contributed by atoms with van der Waals surface area (Å²) in [6, 6.07) is 26.4. The molecule has 0 radical (unpaired) electrons. The van der Waals surface area contributed by atoms with Gasteiger partial charge in [-0.2, -0.15) is 10.4 Å². The summed E-state index contributed by atoms with van der Waals surface area (Å²) in [7, 11) is 1.60. The quantitative estimate of drug-likeness (QED) is 0.340. The number of aromatic nitrogens is 2. The first-order valence-electron chi connectivity index (χ1n) is 10.9. The third-order valence-electron chi connectivity index (χ3n) is 5.12. The predicted octanol–water partition coefficient (Wildman–Crippen LogP) is 5.48. The Kier molecular flexibility index (Phi) is 7.21. The van der Waals surface area contributed by atoms with Crippen molar-refractivity contribution in [2.45, 2.75) is 12.8 Å². The number of hydrogen-bond donors (Lipinski definition) is 1. The lowest BCUT2D eigenvalue weighted by Gasteiger charge is -2.09. The number of carbonyl (C=O) groups is 1. The molecule has 0 bridgehead atoms. The van der Waals surface area contributed by atoms with Crippen LogP contribution in [0.3, 0.4) is 0 Å². The number of ether oxygens (including phenoxy) is 2. The molecule has 0 aliphatic carbocycles. The van der Waals surface area contributed by atoms with Crippen LogP contribution in [-0.4, -0.2) is 29.4 Å². The van der Waals surface area contributed by atoms with Crippen LogP contribution < -0.4 is 14.8 Å². The Balaban J connectivity index is 1.63. The van der Waals surface area contributed by atoms with Crippen LogP contribution in [0.5, 0.6) is 11.5 Å². The number of benzene rings is 3. The minimum atomic E-state index is -0.290. The summed E-state index contributed by atoms with van der Waals surface area (Å²) < 4.78 is 12.7. The van der Waals surface area contributed by atoms with Gasteiger partial charge in [-0.3, -0.25) is 4.79 Å². The zero-order chi connectivity index (χ0) is 23.8. The summed E-state index contributed by atoms with van der Waals surface area (Å²) in [5.74, 6) is 1.02. The number of anilines is 1. The fourth-order valence-corrected chi connectivity index (χ4v) is 3.44. The van der Waals surface area contributed by atoms with Crippen molar-refractivity contribution in [2.24, 2.45) is 0 Å². The molecule has 0 spiro atoms. The third-order valence-corrected chi connectivity index (χ3v) is 5.12. The number of hydrogen-bond acceptors (Lipinski definition) is 5. The van der Waals surface area contributed by atoms with Gasteiger partial charge in [-0.1, -0.05) is 36.4 Å². The molecule has 7 heteroatoms. The summed E-state index contributed by atoms with van der Waals surface area (Å²) in [5, 5.41) is 16.3. The smallest absolute Gasteiger partial charge is 0.259 e. The Labute approximate surface area is 198 Å². The van der Waals surface area contributed by atoms with Crippen molar-refractivity contribution < 1.29 is 14.3 Å². The van der Waals surface area contributed by atoms with Gasteiger partial charge >= 0.3 is 0 Å². The van der Waals surface area contributed by atoms with Crippen LogP contribution in [0.1, 0.15) is 23.2 Å². The standard InChI is InChI=1S/C27H24N4O3/c1-33-23-13-7-9-20(17-23)26-25(19-31(30-26)22-11-3-2-4-12-22)27(32)29-21-10-8-14-24(18-21)34-16-6-5-15-28/h2-4,7-14,17-19H,5-6,16H2,1H3,(H,29,32). The largest absolute Gasteiger partial charge is 0.497 e. The number of methoxy groups -OCH3 is 1. The summed E-state index contributed by atoms with van der Waals surface area (Å²) in [6.45, 7) is 0.439. The maximum absolute atomic E-state index is 13.3. The summed E-state index contributed by atoms with van der Waals surface area (Å²) in [4.78, 5) is 13.3. The highest BCUT2D eigenvalue weighted by Crippen LogP contribution is 2.28. The fraction of sp³-hybridized carbons (Fsp3) is 0.148. The van der Waals surface area contributed by atoms with Crippen molar-refractivity contribution in [1.29, 1.82) is 5.26 Å². The monoisotopic (exact) mass is 452 g/mol. The van der Waals surface area contributed by atoms with Gasteiger partial charge in [0.1, 0.15) is 17.2 Å². The van der Waals surface area contributed by atoms with Crippen LogP contribution in [0.2, 0.25) is 0 Å². The number of nitrogens with one attached hydrogen (secondary N) is 1. The SMILES string of the molecule is COc1cccc(-c2nn(-c3ccccc3)cc2C(=O)Nc2cccc(OCCCC#N)c2)c1. The molecule has 0 atom stereocenters. The van der Waals surface area contributed by atoms with Crippen molar-refractivity contribution in [3.8, 4) is 34.5 Å². The van der Waals surface area contributed by atoms with E-state index in [1.807, 2.05) is 66.7 Å². The number of amides is 1. The highest BCUT2D eigenvalue weighted by atomic mass is 16.5. The van der Waals surface area contributed by atoms with Crippen LogP contribution in [0.25, 0.3) is 16.9 Å². The molecule has 4 aromatic rings. The fourth-order valence-electron chi connectivity index (χ4n) is 3.44. The Morgan fingerprint density at radius 2 is 1.82 bits per heavy atom. The van der Waals surface area contributed by atoms with E-state index in [2.05, 4.69) is 11.4 Å². The minimum Gasteiger partial charge on any atom is -0.497 e. The second-order valence-corrected chi connectivity index (χ2v) is 7.50. The molecular formula is C27H24N4O3. The van der Waals surface area contributed by atoms with Gasteiger partial charge in [-0.05, 0) is 42.8 Å². The number of rotatable bonds is 9. The van der Waals surface area contributed by atoms with Crippen LogP contribution in [-0.2, 0) is 0 Å². The Bertz CT molecular complexity index is 1310. The zero-order valence-corrected chi connectivity index (χ0v) is 18.8. The molecule has 0 unspecified atom stereocenters. The van der Waals surface area contributed by atoms with Crippen LogP contribution in [0.4, 0.5) is 5.69 Å². The Morgan fingerprint density at radius 1 is 1.03 bits per heavy atom. The Hall–Kier alpha value is -4.57. The highest BCUT2D eigenvalue weighted by molar-refractivity contribution is 6.08. The number of nitriles is 1. The van der Waals surface area contributed by atoms with Crippen LogP contribution in [0.15, 0.2) is 85.1 Å². The normalized spacial score (nSPS) is 10.4. The molecule has 0 fully saturated rings. The topological polar surface area (TPSA) is 89.2 Å². The molecular weight excluding hydrogens is 428 g/mol. The first kappa shape index (κ1) is 22.6. The van der Waals surface area contributed by atoms with Gasteiger partial charge in [0.05, 0.1) is 31.0 Å². The van der Waals surface area contributed by atoms with E-state index in [4.69, 9.17) is 19.8 Å². The number of unbranched alkanes of at least 4 members (excludes halogenated alkanes) is 1. The molecule has 1 heterocycles. The highest BCUT2D eigenvalue weighted by Gasteiger charge is 2.19. The maximum Gasteiger partial charge on any atom is 0.259 e. The van der Waals surface area contributed by atoms with E-state index >= 15 is 0 Å². The van der Waals surface area contributed by atoms with Crippen LogP contribution >= 0.6 is 0 Å². The molecule has 1 aromatic heterocycles. The van der Waals surface area contributed by atoms with Crippen molar-refractivity contribution in [3.05, 3.63) is 90.6 Å². The van der Waals surface area contributed by atoms with E-state index < -0.39 is 0 Å². The predicted molar refractivity (Wildman–Crippen MR) is 130 cm³/mol. The lowest BCUT2D eigenvalue weighted by molar-refractivity contribution is 0.102. The summed E-state index contributed by atoms with van der Waals surface area (Å²) in [5.41, 5.74) is 3.20. The summed E-state index contributed by atoms with van der Waals surface area (Å²) in [6.07, 6.45) is 2.81. The van der Waals surface area contributed by atoms with Crippen molar-refractivity contribution in [1.82, 2.24) is 9.78 Å². The first-order valence-corrected chi connectivity index (χ1v) is 10.9. The Morgan fingerprint density at radius 3 is 2.62 bits per heavy atom. The first-order chi connectivity index (χ1) is 16.7. The average molecular weight is 453 g/mol. The molecule has 4 rings (SSSR count). The van der Waals surface area contributed by atoms with E-state index in [1.54, 1.807) is 30.1 Å². The molecule has 0 saturated carbocycles. The van der Waals surface area contributed by atoms with Crippen LogP contribution in [0, 0.1) is 11.3 Å². The van der Waals surface area contributed by atoms with Crippen molar-refractivity contribution in [2.75, 3.05) is 19.0 Å². The maximum atomic E-state index is 13.3. The molecule has 3 aromatic carbocycles. The molecule has 1 N–H and O–H groups in total. The van der Waals surface area contributed by atoms with Gasteiger partial charge < -0.3 is 14.8 Å². The molecule has 7 nitrogen and oxygen atoms in total. The van der Waals surface area contributed by atoms with Gasteiger partial charge in [0.25, 0.3) is 5.91 Å². The second kappa shape index (κ2) is 10.8. The second-order valence-electron chi connectivity index (χ2n) is 7.50. The minimum absolute atomic E-state index is 0.290. The zero-order valence-electron chi connectivity index (χ0n) is 18.8.